The number of imidazole rings is 1. The number of benzene rings is 7. The third-order valence-corrected chi connectivity index (χ3v) is 9.44. The van der Waals surface area contributed by atoms with Crippen LogP contribution in [0.25, 0.3) is 88.1 Å². The van der Waals surface area contributed by atoms with Gasteiger partial charge in [0.15, 0.2) is 0 Å². The molecule has 0 saturated heterocycles. The molecule has 0 aliphatic carbocycles. The summed E-state index contributed by atoms with van der Waals surface area (Å²) < 4.78 is 4.80. The monoisotopic (exact) mass is 585 g/mol. The summed E-state index contributed by atoms with van der Waals surface area (Å²) in [6.07, 6.45) is 0. The van der Waals surface area contributed by atoms with Gasteiger partial charge in [0, 0.05) is 27.2 Å². The van der Waals surface area contributed by atoms with E-state index in [0.717, 1.165) is 27.8 Å². The zero-order chi connectivity index (χ0) is 30.2. The van der Waals surface area contributed by atoms with Crippen LogP contribution in [0.1, 0.15) is 0 Å². The van der Waals surface area contributed by atoms with E-state index in [9.17, 15) is 0 Å². The van der Waals surface area contributed by atoms with Gasteiger partial charge in [-0.2, -0.15) is 0 Å². The van der Waals surface area contributed by atoms with E-state index in [4.69, 9.17) is 4.98 Å². The summed E-state index contributed by atoms with van der Waals surface area (Å²) in [5, 5.41) is 6.04. The smallest absolute Gasteiger partial charge is 0.146 e. The molecule has 0 aliphatic heterocycles. The number of fused-ring (bicyclic) bond motifs is 11. The van der Waals surface area contributed by atoms with E-state index in [-0.39, 0.29) is 0 Å². The van der Waals surface area contributed by atoms with Gasteiger partial charge >= 0.3 is 0 Å². The summed E-state index contributed by atoms with van der Waals surface area (Å²) in [6, 6.07) is 59.1. The van der Waals surface area contributed by atoms with Gasteiger partial charge in [0.25, 0.3) is 0 Å². The van der Waals surface area contributed by atoms with Crippen molar-refractivity contribution in [3.05, 3.63) is 164 Å². The first-order valence-corrected chi connectivity index (χ1v) is 15.7. The molecule has 0 spiro atoms. The van der Waals surface area contributed by atoms with Crippen molar-refractivity contribution in [2.75, 3.05) is 0 Å². The number of rotatable bonds is 3. The van der Waals surface area contributed by atoms with Crippen molar-refractivity contribution in [1.82, 2.24) is 14.0 Å². The Balaban J connectivity index is 1.37. The number of pyridine rings is 1. The fourth-order valence-electron chi connectivity index (χ4n) is 7.38. The Morgan fingerprint density at radius 2 is 0.891 bits per heavy atom. The van der Waals surface area contributed by atoms with Gasteiger partial charge in [-0.15, -0.1) is 0 Å². The highest BCUT2D eigenvalue weighted by atomic mass is 15.0. The minimum atomic E-state index is 0.996. The van der Waals surface area contributed by atoms with Gasteiger partial charge < -0.3 is 4.57 Å². The highest BCUT2D eigenvalue weighted by Gasteiger charge is 2.19. The molecule has 3 aromatic heterocycles. The van der Waals surface area contributed by atoms with Crippen LogP contribution in [-0.4, -0.2) is 14.0 Å². The molecule has 214 valence electrons. The molecule has 0 N–H and O–H groups in total. The van der Waals surface area contributed by atoms with Crippen molar-refractivity contribution in [1.29, 1.82) is 0 Å². The van der Waals surface area contributed by atoms with Crippen LogP contribution >= 0.6 is 0 Å². The van der Waals surface area contributed by atoms with Gasteiger partial charge in [0.1, 0.15) is 5.65 Å². The number of nitrogens with zero attached hydrogens (tertiary/aromatic N) is 3. The Hall–Kier alpha value is -6.19. The van der Waals surface area contributed by atoms with E-state index in [1.54, 1.807) is 0 Å². The average molecular weight is 586 g/mol. The largest absolute Gasteiger partial charge is 0.309 e. The number of hydrogen-bond donors (Lipinski definition) is 0. The predicted octanol–water partition coefficient (Wildman–Crippen LogP) is 11.2. The minimum absolute atomic E-state index is 0.996. The van der Waals surface area contributed by atoms with Crippen LogP contribution in [0.3, 0.4) is 0 Å². The molecule has 46 heavy (non-hydrogen) atoms. The van der Waals surface area contributed by atoms with Gasteiger partial charge in [-0.3, -0.25) is 4.40 Å². The molecule has 0 fully saturated rings. The summed E-state index contributed by atoms with van der Waals surface area (Å²) in [6.45, 7) is 0. The van der Waals surface area contributed by atoms with Crippen molar-refractivity contribution >= 4 is 60.2 Å². The zero-order valence-corrected chi connectivity index (χ0v) is 24.9. The molecule has 10 rings (SSSR count). The van der Waals surface area contributed by atoms with Crippen molar-refractivity contribution in [2.45, 2.75) is 0 Å². The molecular formula is C43H27N3. The lowest BCUT2D eigenvalue weighted by atomic mass is 9.98. The quantitative estimate of drug-likeness (QED) is 0.189. The summed E-state index contributed by atoms with van der Waals surface area (Å²) in [4.78, 5) is 5.12. The minimum Gasteiger partial charge on any atom is -0.309 e. The maximum Gasteiger partial charge on any atom is 0.146 e. The Bertz CT molecular complexity index is 2730. The summed E-state index contributed by atoms with van der Waals surface area (Å²) in [5.74, 6) is 0. The van der Waals surface area contributed by atoms with Crippen molar-refractivity contribution in [3.8, 4) is 27.9 Å². The Morgan fingerprint density at radius 3 is 1.61 bits per heavy atom. The van der Waals surface area contributed by atoms with Gasteiger partial charge in [-0.05, 0) is 76.2 Å². The SMILES string of the molecule is c1ccc(-c2cc(-c3ccccc3)cc(-n3c4ccccc4c4cc5c(cc43)c3ccccc3c3nc4ccccc4n53)c2)cc1. The van der Waals surface area contributed by atoms with Crippen LogP contribution in [0, 0.1) is 0 Å². The molecular weight excluding hydrogens is 558 g/mol. The topological polar surface area (TPSA) is 22.2 Å². The van der Waals surface area contributed by atoms with Gasteiger partial charge in [-0.25, -0.2) is 4.98 Å². The molecule has 0 atom stereocenters. The molecule has 3 heterocycles. The van der Waals surface area contributed by atoms with Gasteiger partial charge in [0.2, 0.25) is 0 Å². The average Bonchev–Trinajstić information content (AvgIpc) is 3.68. The molecule has 0 unspecified atom stereocenters. The highest BCUT2D eigenvalue weighted by Crippen LogP contribution is 2.40. The fourth-order valence-corrected chi connectivity index (χ4v) is 7.38. The fraction of sp³-hybridized carbons (Fsp3) is 0. The maximum absolute atomic E-state index is 5.12. The second kappa shape index (κ2) is 9.65. The first-order valence-electron chi connectivity index (χ1n) is 15.7. The lowest BCUT2D eigenvalue weighted by Gasteiger charge is -2.15. The Kier molecular flexibility index (Phi) is 5.28. The van der Waals surface area contributed by atoms with Crippen molar-refractivity contribution in [2.24, 2.45) is 0 Å². The first-order chi connectivity index (χ1) is 22.8. The molecule has 0 amide bonds. The van der Waals surface area contributed by atoms with Crippen LogP contribution in [-0.2, 0) is 0 Å². The van der Waals surface area contributed by atoms with Crippen LogP contribution in [0.4, 0.5) is 0 Å². The van der Waals surface area contributed by atoms with Crippen LogP contribution in [0.15, 0.2) is 164 Å². The Labute approximate surface area is 265 Å². The third kappa shape index (κ3) is 3.63. The predicted molar refractivity (Wildman–Crippen MR) is 193 cm³/mol. The third-order valence-electron chi connectivity index (χ3n) is 9.44. The lowest BCUT2D eigenvalue weighted by Crippen LogP contribution is -1.97. The van der Waals surface area contributed by atoms with E-state index in [1.807, 2.05) is 0 Å². The van der Waals surface area contributed by atoms with Gasteiger partial charge in [-0.1, -0.05) is 115 Å². The number of aromatic nitrogens is 3. The highest BCUT2D eigenvalue weighted by molar-refractivity contribution is 6.20. The molecule has 0 radical (unpaired) electrons. The maximum atomic E-state index is 5.12. The van der Waals surface area contributed by atoms with Gasteiger partial charge in [0.05, 0.1) is 27.6 Å². The molecule has 7 aromatic carbocycles. The van der Waals surface area contributed by atoms with E-state index >= 15 is 0 Å². The van der Waals surface area contributed by atoms with E-state index in [1.165, 1.54) is 60.3 Å². The van der Waals surface area contributed by atoms with Crippen LogP contribution < -0.4 is 0 Å². The first kappa shape index (κ1) is 25.2. The molecule has 3 heteroatoms. The molecule has 3 nitrogen and oxygen atoms in total. The standard InChI is InChI=1S/C43H27N3/c1-3-13-28(14-4-1)30-23-31(29-15-5-2-6-16-29)25-32(24-30)45-39-21-11-9-18-34(39)37-27-42-36(26-41(37)45)33-17-7-8-19-35(33)43-44-38-20-10-12-22-40(38)46(42)43/h1-27H. The normalized spacial score (nSPS) is 11.9. The molecule has 0 aliphatic rings. The summed E-state index contributed by atoms with van der Waals surface area (Å²) >= 11 is 0. The van der Waals surface area contributed by atoms with Crippen molar-refractivity contribution in [3.63, 3.8) is 0 Å². The van der Waals surface area contributed by atoms with E-state index in [2.05, 4.69) is 173 Å². The molecule has 0 bridgehead atoms. The lowest BCUT2D eigenvalue weighted by molar-refractivity contribution is 1.18. The van der Waals surface area contributed by atoms with E-state index < -0.39 is 0 Å². The van der Waals surface area contributed by atoms with Crippen LogP contribution in [0.2, 0.25) is 0 Å². The molecule has 10 aromatic rings. The zero-order valence-electron chi connectivity index (χ0n) is 24.9. The Morgan fingerprint density at radius 1 is 0.348 bits per heavy atom. The molecule has 0 saturated carbocycles. The van der Waals surface area contributed by atoms with E-state index in [0.29, 0.717) is 0 Å². The van der Waals surface area contributed by atoms with Crippen molar-refractivity contribution < 1.29 is 0 Å². The second-order valence-electron chi connectivity index (χ2n) is 12.0. The second-order valence-corrected chi connectivity index (χ2v) is 12.0. The summed E-state index contributed by atoms with van der Waals surface area (Å²) in [5.41, 5.74) is 12.6. The summed E-state index contributed by atoms with van der Waals surface area (Å²) in [7, 11) is 0. The number of para-hydroxylation sites is 3. The number of hydrogen-bond acceptors (Lipinski definition) is 1. The van der Waals surface area contributed by atoms with Crippen LogP contribution in [0.5, 0.6) is 0 Å².